The molecule has 4 unspecified atom stereocenters. The fourth-order valence-corrected chi connectivity index (χ4v) is 2.31. The van der Waals surface area contributed by atoms with Crippen molar-refractivity contribution in [2.24, 2.45) is 23.5 Å². The second-order valence-electron chi connectivity index (χ2n) is 4.62. The fourth-order valence-electron chi connectivity index (χ4n) is 2.31. The maximum absolute atomic E-state index is 13.5. The Hall–Kier alpha value is -0.110. The van der Waals surface area contributed by atoms with Crippen LogP contribution in [0.3, 0.4) is 0 Å². The Morgan fingerprint density at radius 3 is 2.54 bits per heavy atom. The smallest absolute Gasteiger partial charge is 0.104 e. The maximum Gasteiger partial charge on any atom is 0.104 e. The largest absolute Gasteiger partial charge is 0.330 e. The van der Waals surface area contributed by atoms with Crippen molar-refractivity contribution < 1.29 is 4.39 Å². The van der Waals surface area contributed by atoms with Gasteiger partial charge in [0.1, 0.15) is 6.17 Å². The van der Waals surface area contributed by atoms with Crippen molar-refractivity contribution >= 4 is 0 Å². The van der Waals surface area contributed by atoms with E-state index in [1.807, 2.05) is 0 Å². The summed E-state index contributed by atoms with van der Waals surface area (Å²) in [5.41, 5.74) is 5.36. The van der Waals surface area contributed by atoms with E-state index in [1.54, 1.807) is 0 Å². The van der Waals surface area contributed by atoms with Crippen LogP contribution in [0.4, 0.5) is 4.39 Å². The molecule has 13 heavy (non-hydrogen) atoms. The van der Waals surface area contributed by atoms with Gasteiger partial charge in [0.2, 0.25) is 0 Å². The number of nitrogens with two attached hydrogens (primary N) is 1. The highest BCUT2D eigenvalue weighted by Gasteiger charge is 2.29. The zero-order chi connectivity index (χ0) is 9.84. The average Bonchev–Trinajstić information content (AvgIpc) is 2.10. The van der Waals surface area contributed by atoms with E-state index in [-0.39, 0.29) is 5.92 Å². The molecule has 2 heteroatoms. The maximum atomic E-state index is 13.5. The molecular weight excluding hydrogens is 165 g/mol. The second-order valence-corrected chi connectivity index (χ2v) is 4.62. The van der Waals surface area contributed by atoms with Crippen LogP contribution in [0.15, 0.2) is 0 Å². The molecule has 0 aromatic carbocycles. The van der Waals surface area contributed by atoms with Gasteiger partial charge in [-0.1, -0.05) is 20.3 Å². The summed E-state index contributed by atoms with van der Waals surface area (Å²) in [5.74, 6) is 1.76. The van der Waals surface area contributed by atoms with Gasteiger partial charge in [0, 0.05) is 0 Å². The molecule has 0 aliphatic heterocycles. The van der Waals surface area contributed by atoms with Crippen LogP contribution in [0.5, 0.6) is 0 Å². The molecule has 0 spiro atoms. The first-order valence-electron chi connectivity index (χ1n) is 5.49. The molecule has 0 saturated heterocycles. The third kappa shape index (κ3) is 2.94. The molecule has 0 amide bonds. The number of hydrogen-bond donors (Lipinski definition) is 1. The van der Waals surface area contributed by atoms with E-state index in [0.29, 0.717) is 18.9 Å². The Morgan fingerprint density at radius 2 is 2.00 bits per heavy atom. The van der Waals surface area contributed by atoms with Crippen LogP contribution in [0, 0.1) is 17.8 Å². The lowest BCUT2D eigenvalue weighted by atomic mass is 9.74. The van der Waals surface area contributed by atoms with E-state index in [9.17, 15) is 4.39 Å². The molecule has 78 valence electrons. The van der Waals surface area contributed by atoms with Crippen LogP contribution < -0.4 is 5.73 Å². The van der Waals surface area contributed by atoms with Gasteiger partial charge in [0.25, 0.3) is 0 Å². The minimum Gasteiger partial charge on any atom is -0.330 e. The molecule has 1 rings (SSSR count). The molecular formula is C11H22FN. The van der Waals surface area contributed by atoms with Gasteiger partial charge >= 0.3 is 0 Å². The molecule has 2 N–H and O–H groups in total. The van der Waals surface area contributed by atoms with E-state index in [0.717, 1.165) is 18.8 Å². The molecule has 0 heterocycles. The summed E-state index contributed by atoms with van der Waals surface area (Å²) < 4.78 is 13.5. The van der Waals surface area contributed by atoms with Crippen molar-refractivity contribution in [3.05, 3.63) is 0 Å². The van der Waals surface area contributed by atoms with Gasteiger partial charge in [0.15, 0.2) is 0 Å². The minimum atomic E-state index is -0.653. The Bertz CT molecular complexity index is 149. The molecule has 1 aliphatic rings. The average molecular weight is 187 g/mol. The van der Waals surface area contributed by atoms with Crippen LogP contribution in [-0.2, 0) is 0 Å². The van der Waals surface area contributed by atoms with Gasteiger partial charge in [-0.2, -0.15) is 0 Å². The van der Waals surface area contributed by atoms with Gasteiger partial charge in [-0.3, -0.25) is 0 Å². The third-order valence-electron chi connectivity index (χ3n) is 3.59. The first kappa shape index (κ1) is 11.0. The monoisotopic (exact) mass is 187 g/mol. The van der Waals surface area contributed by atoms with Gasteiger partial charge in [0.05, 0.1) is 0 Å². The highest BCUT2D eigenvalue weighted by atomic mass is 19.1. The normalized spacial score (nSPS) is 37.4. The predicted octanol–water partition coefficient (Wildman–Crippen LogP) is 2.75. The topological polar surface area (TPSA) is 26.0 Å². The molecule has 1 saturated carbocycles. The molecule has 0 radical (unpaired) electrons. The molecule has 4 atom stereocenters. The zero-order valence-electron chi connectivity index (χ0n) is 8.80. The van der Waals surface area contributed by atoms with Crippen LogP contribution in [0.1, 0.15) is 39.5 Å². The van der Waals surface area contributed by atoms with Gasteiger partial charge in [-0.15, -0.1) is 0 Å². The van der Waals surface area contributed by atoms with E-state index < -0.39 is 6.17 Å². The Kier molecular flexibility index (Phi) is 4.17. The van der Waals surface area contributed by atoms with E-state index in [4.69, 9.17) is 5.73 Å². The minimum absolute atomic E-state index is 0.287. The van der Waals surface area contributed by atoms with Crippen LogP contribution in [-0.4, -0.2) is 12.7 Å². The quantitative estimate of drug-likeness (QED) is 0.722. The first-order valence-corrected chi connectivity index (χ1v) is 5.49. The fraction of sp³-hybridized carbons (Fsp3) is 1.00. The van der Waals surface area contributed by atoms with Gasteiger partial charge in [-0.05, 0) is 43.6 Å². The zero-order valence-corrected chi connectivity index (χ0v) is 8.80. The van der Waals surface area contributed by atoms with Crippen molar-refractivity contribution in [1.82, 2.24) is 0 Å². The van der Waals surface area contributed by atoms with Crippen LogP contribution >= 0.6 is 0 Å². The second kappa shape index (κ2) is 4.94. The third-order valence-corrected chi connectivity index (χ3v) is 3.59. The lowest BCUT2D eigenvalue weighted by Gasteiger charge is -2.33. The van der Waals surface area contributed by atoms with Crippen molar-refractivity contribution in [2.75, 3.05) is 6.54 Å². The van der Waals surface area contributed by atoms with E-state index in [2.05, 4.69) is 13.8 Å². The summed E-state index contributed by atoms with van der Waals surface area (Å²) in [7, 11) is 0. The summed E-state index contributed by atoms with van der Waals surface area (Å²) in [6, 6.07) is 0. The SMILES string of the molecule is CC1CCC(C(F)CCN)CC1C. The highest BCUT2D eigenvalue weighted by molar-refractivity contribution is 4.80. The molecule has 0 aromatic heterocycles. The highest BCUT2D eigenvalue weighted by Crippen LogP contribution is 2.36. The first-order chi connectivity index (χ1) is 6.15. The summed E-state index contributed by atoms with van der Waals surface area (Å²) in [5, 5.41) is 0. The van der Waals surface area contributed by atoms with Crippen molar-refractivity contribution in [3.8, 4) is 0 Å². The van der Waals surface area contributed by atoms with Crippen molar-refractivity contribution in [3.63, 3.8) is 0 Å². The molecule has 1 aliphatic carbocycles. The molecule has 0 bridgehead atoms. The van der Waals surface area contributed by atoms with Crippen molar-refractivity contribution in [1.29, 1.82) is 0 Å². The summed E-state index contributed by atoms with van der Waals surface area (Å²) >= 11 is 0. The lowest BCUT2D eigenvalue weighted by molar-refractivity contribution is 0.119. The Morgan fingerprint density at radius 1 is 1.31 bits per heavy atom. The number of alkyl halides is 1. The number of hydrogen-bond acceptors (Lipinski definition) is 1. The van der Waals surface area contributed by atoms with Gasteiger partial charge < -0.3 is 5.73 Å². The number of halogens is 1. The summed E-state index contributed by atoms with van der Waals surface area (Å²) in [6.07, 6.45) is 3.21. The van der Waals surface area contributed by atoms with Crippen LogP contribution in [0.2, 0.25) is 0 Å². The summed E-state index contributed by atoms with van der Waals surface area (Å²) in [6.45, 7) is 5.00. The van der Waals surface area contributed by atoms with Crippen LogP contribution in [0.25, 0.3) is 0 Å². The number of rotatable bonds is 3. The summed E-state index contributed by atoms with van der Waals surface area (Å²) in [4.78, 5) is 0. The molecule has 1 nitrogen and oxygen atoms in total. The lowest BCUT2D eigenvalue weighted by Crippen LogP contribution is -2.28. The molecule has 1 fully saturated rings. The Labute approximate surface area is 80.9 Å². The predicted molar refractivity (Wildman–Crippen MR) is 54.2 cm³/mol. The van der Waals surface area contributed by atoms with E-state index >= 15 is 0 Å². The van der Waals surface area contributed by atoms with Gasteiger partial charge in [-0.25, -0.2) is 4.39 Å². The molecule has 0 aromatic rings. The van der Waals surface area contributed by atoms with Crippen molar-refractivity contribution in [2.45, 2.75) is 45.7 Å². The Balaban J connectivity index is 2.36. The standard InChI is InChI=1S/C11H22FN/c1-8-3-4-10(7-9(8)2)11(12)5-6-13/h8-11H,3-7,13H2,1-2H3. The van der Waals surface area contributed by atoms with E-state index in [1.165, 1.54) is 6.42 Å².